The first-order valence-electron chi connectivity index (χ1n) is 6.29. The third kappa shape index (κ3) is 5.48. The minimum absolute atomic E-state index is 0.0654. The molecular weight excluding hydrogens is 220 g/mol. The molecule has 0 amide bonds. The highest BCUT2D eigenvalue weighted by Crippen LogP contribution is 2.06. The number of carbonyl (C=O) groups is 1. The molecule has 0 spiro atoms. The third-order valence-electron chi connectivity index (χ3n) is 3.02. The standard InChI is InChI=1S/C12H24N2O3/c1-4-17-12(15)10-16-8-7-14-6-5-13(3)9-11(14)2/h11H,4-10H2,1-3H3. The van der Waals surface area contributed by atoms with E-state index in [1.165, 1.54) is 0 Å². The Morgan fingerprint density at radius 1 is 1.41 bits per heavy atom. The van der Waals surface area contributed by atoms with Gasteiger partial charge in [-0.1, -0.05) is 0 Å². The molecule has 5 nitrogen and oxygen atoms in total. The Morgan fingerprint density at radius 2 is 2.18 bits per heavy atom. The van der Waals surface area contributed by atoms with E-state index in [1.807, 2.05) is 0 Å². The minimum Gasteiger partial charge on any atom is -0.464 e. The van der Waals surface area contributed by atoms with Crippen molar-refractivity contribution in [3.8, 4) is 0 Å². The highest BCUT2D eigenvalue weighted by atomic mass is 16.6. The molecule has 1 atom stereocenters. The predicted octanol–water partition coefficient (Wildman–Crippen LogP) is 0.202. The molecule has 0 N–H and O–H groups in total. The summed E-state index contributed by atoms with van der Waals surface area (Å²) in [5.74, 6) is -0.279. The predicted molar refractivity (Wildman–Crippen MR) is 66.0 cm³/mol. The normalized spacial score (nSPS) is 22.6. The zero-order valence-corrected chi connectivity index (χ0v) is 11.1. The van der Waals surface area contributed by atoms with E-state index >= 15 is 0 Å². The molecule has 0 saturated carbocycles. The van der Waals surface area contributed by atoms with Crippen LogP contribution in [-0.4, -0.2) is 74.9 Å². The second-order valence-corrected chi connectivity index (χ2v) is 4.50. The van der Waals surface area contributed by atoms with Crippen molar-refractivity contribution in [2.45, 2.75) is 19.9 Å². The van der Waals surface area contributed by atoms with Gasteiger partial charge in [0.2, 0.25) is 0 Å². The van der Waals surface area contributed by atoms with E-state index in [-0.39, 0.29) is 12.6 Å². The van der Waals surface area contributed by atoms with E-state index in [0.29, 0.717) is 19.3 Å². The van der Waals surface area contributed by atoms with Crippen molar-refractivity contribution in [2.24, 2.45) is 0 Å². The van der Waals surface area contributed by atoms with Crippen LogP contribution in [0.4, 0.5) is 0 Å². The number of likely N-dealkylation sites (N-methyl/N-ethyl adjacent to an activating group) is 1. The Balaban J connectivity index is 2.08. The summed E-state index contributed by atoms with van der Waals surface area (Å²) in [7, 11) is 2.14. The summed E-state index contributed by atoms with van der Waals surface area (Å²) in [6.07, 6.45) is 0. The minimum atomic E-state index is -0.279. The quantitative estimate of drug-likeness (QED) is 0.493. The fourth-order valence-electron chi connectivity index (χ4n) is 2.05. The molecule has 5 heteroatoms. The van der Waals surface area contributed by atoms with Crippen LogP contribution in [0.5, 0.6) is 0 Å². The van der Waals surface area contributed by atoms with Crippen molar-refractivity contribution in [2.75, 3.05) is 53.0 Å². The highest BCUT2D eigenvalue weighted by molar-refractivity contribution is 5.70. The molecule has 0 radical (unpaired) electrons. The SMILES string of the molecule is CCOC(=O)COCCN1CCN(C)CC1C. The summed E-state index contributed by atoms with van der Waals surface area (Å²) < 4.78 is 10.1. The van der Waals surface area contributed by atoms with Crippen LogP contribution < -0.4 is 0 Å². The van der Waals surface area contributed by atoms with Gasteiger partial charge < -0.3 is 14.4 Å². The molecule has 1 heterocycles. The third-order valence-corrected chi connectivity index (χ3v) is 3.02. The molecular formula is C12H24N2O3. The van der Waals surface area contributed by atoms with Gasteiger partial charge in [-0.15, -0.1) is 0 Å². The Labute approximate surface area is 104 Å². The zero-order valence-electron chi connectivity index (χ0n) is 11.1. The van der Waals surface area contributed by atoms with Gasteiger partial charge in [0, 0.05) is 32.2 Å². The van der Waals surface area contributed by atoms with E-state index in [1.54, 1.807) is 6.92 Å². The molecule has 0 bridgehead atoms. The Bertz CT molecular complexity index is 236. The lowest BCUT2D eigenvalue weighted by molar-refractivity contribution is -0.148. The van der Waals surface area contributed by atoms with Crippen LogP contribution in [0.2, 0.25) is 0 Å². The first-order valence-corrected chi connectivity index (χ1v) is 6.29. The second kappa shape index (κ2) is 7.63. The van der Waals surface area contributed by atoms with Crippen molar-refractivity contribution in [1.29, 1.82) is 0 Å². The zero-order chi connectivity index (χ0) is 12.7. The number of hydrogen-bond donors (Lipinski definition) is 0. The molecule has 1 unspecified atom stereocenters. The highest BCUT2D eigenvalue weighted by Gasteiger charge is 2.20. The van der Waals surface area contributed by atoms with Gasteiger partial charge in [0.1, 0.15) is 6.61 Å². The van der Waals surface area contributed by atoms with Crippen molar-refractivity contribution in [3.63, 3.8) is 0 Å². The number of hydrogen-bond acceptors (Lipinski definition) is 5. The van der Waals surface area contributed by atoms with Crippen LogP contribution in [0.25, 0.3) is 0 Å². The van der Waals surface area contributed by atoms with Crippen LogP contribution in [0.1, 0.15) is 13.8 Å². The van der Waals surface area contributed by atoms with E-state index < -0.39 is 0 Å². The monoisotopic (exact) mass is 244 g/mol. The van der Waals surface area contributed by atoms with Gasteiger partial charge in [-0.25, -0.2) is 4.79 Å². The van der Waals surface area contributed by atoms with E-state index in [4.69, 9.17) is 9.47 Å². The maximum atomic E-state index is 11.0. The van der Waals surface area contributed by atoms with E-state index in [9.17, 15) is 4.79 Å². The largest absolute Gasteiger partial charge is 0.464 e. The number of carbonyl (C=O) groups excluding carboxylic acids is 1. The number of ether oxygens (including phenoxy) is 2. The molecule has 1 rings (SSSR count). The van der Waals surface area contributed by atoms with Gasteiger partial charge in [0.05, 0.1) is 13.2 Å². The molecule has 1 aliphatic heterocycles. The summed E-state index contributed by atoms with van der Waals surface area (Å²) in [5.41, 5.74) is 0. The van der Waals surface area contributed by atoms with E-state index in [2.05, 4.69) is 23.8 Å². The molecule has 17 heavy (non-hydrogen) atoms. The first kappa shape index (κ1) is 14.4. The molecule has 0 aromatic carbocycles. The maximum Gasteiger partial charge on any atom is 0.332 e. The summed E-state index contributed by atoms with van der Waals surface area (Å²) in [4.78, 5) is 15.8. The average molecular weight is 244 g/mol. The summed E-state index contributed by atoms with van der Waals surface area (Å²) in [5, 5.41) is 0. The maximum absolute atomic E-state index is 11.0. The van der Waals surface area contributed by atoms with Crippen molar-refractivity contribution in [3.05, 3.63) is 0 Å². The Morgan fingerprint density at radius 3 is 2.82 bits per heavy atom. The van der Waals surface area contributed by atoms with Gasteiger partial charge in [0.15, 0.2) is 0 Å². The first-order chi connectivity index (χ1) is 8.13. The fourth-order valence-corrected chi connectivity index (χ4v) is 2.05. The molecule has 1 fully saturated rings. The van der Waals surface area contributed by atoms with Crippen LogP contribution in [-0.2, 0) is 14.3 Å². The summed E-state index contributed by atoms with van der Waals surface area (Å²) >= 11 is 0. The fraction of sp³-hybridized carbons (Fsp3) is 0.917. The molecule has 0 aromatic rings. The molecule has 100 valence electrons. The van der Waals surface area contributed by atoms with Crippen molar-refractivity contribution < 1.29 is 14.3 Å². The van der Waals surface area contributed by atoms with Gasteiger partial charge in [-0.05, 0) is 20.9 Å². The smallest absolute Gasteiger partial charge is 0.332 e. The van der Waals surface area contributed by atoms with Gasteiger partial charge >= 0.3 is 5.97 Å². The number of rotatable bonds is 6. The Hall–Kier alpha value is -0.650. The molecule has 0 aliphatic carbocycles. The molecule has 1 saturated heterocycles. The van der Waals surface area contributed by atoms with Crippen molar-refractivity contribution >= 4 is 5.97 Å². The number of esters is 1. The molecule has 1 aliphatic rings. The second-order valence-electron chi connectivity index (χ2n) is 4.50. The van der Waals surface area contributed by atoms with Gasteiger partial charge in [0.25, 0.3) is 0 Å². The van der Waals surface area contributed by atoms with Gasteiger partial charge in [-0.3, -0.25) is 4.90 Å². The number of nitrogens with zero attached hydrogens (tertiary/aromatic N) is 2. The topological polar surface area (TPSA) is 42.0 Å². The summed E-state index contributed by atoms with van der Waals surface area (Å²) in [6, 6.07) is 0.556. The van der Waals surface area contributed by atoms with Crippen LogP contribution >= 0.6 is 0 Å². The summed E-state index contributed by atoms with van der Waals surface area (Å²) in [6.45, 7) is 9.24. The molecule has 0 aromatic heterocycles. The van der Waals surface area contributed by atoms with Gasteiger partial charge in [-0.2, -0.15) is 0 Å². The lowest BCUT2D eigenvalue weighted by Gasteiger charge is -2.38. The average Bonchev–Trinajstić information content (AvgIpc) is 2.27. The van der Waals surface area contributed by atoms with Crippen LogP contribution in [0, 0.1) is 0 Å². The lowest BCUT2D eigenvalue weighted by Crippen LogP contribution is -2.51. The van der Waals surface area contributed by atoms with Crippen LogP contribution in [0.15, 0.2) is 0 Å². The lowest BCUT2D eigenvalue weighted by atomic mass is 10.2. The number of piperazine rings is 1. The van der Waals surface area contributed by atoms with E-state index in [0.717, 1.165) is 26.2 Å². The van der Waals surface area contributed by atoms with Crippen LogP contribution in [0.3, 0.4) is 0 Å². The van der Waals surface area contributed by atoms with Crippen molar-refractivity contribution in [1.82, 2.24) is 9.80 Å². The Kier molecular flexibility index (Phi) is 6.47.